The molecule has 0 rings (SSSR count). The minimum absolute atomic E-state index is 0.760. The summed E-state index contributed by atoms with van der Waals surface area (Å²) in [5.74, 6) is 0. The zero-order valence-corrected chi connectivity index (χ0v) is 8.76. The van der Waals surface area contributed by atoms with Gasteiger partial charge in [0, 0.05) is 16.5 Å². The van der Waals surface area contributed by atoms with Crippen LogP contribution < -0.4 is 0 Å². The lowest BCUT2D eigenvalue weighted by molar-refractivity contribution is 1.15. The average Bonchev–Trinajstić information content (AvgIpc) is 1.99. The molecular formula is C9H14Cl2. The Labute approximate surface area is 78.9 Å². The van der Waals surface area contributed by atoms with Crippen molar-refractivity contribution >= 4 is 23.2 Å². The summed E-state index contributed by atoms with van der Waals surface area (Å²) in [6.45, 7) is 6.02. The summed E-state index contributed by atoms with van der Waals surface area (Å²) < 4.78 is 0. The molecule has 0 unspecified atom stereocenters. The molecule has 64 valence electrons. The predicted molar refractivity (Wildman–Crippen MR) is 53.1 cm³/mol. The third kappa shape index (κ3) is 5.34. The number of hydrogen-bond donors (Lipinski definition) is 0. The van der Waals surface area contributed by atoms with Gasteiger partial charge in [-0.15, -0.1) is 0 Å². The Morgan fingerprint density at radius 2 is 1.82 bits per heavy atom. The minimum atomic E-state index is 0.760. The molecule has 0 spiro atoms. The fraction of sp³-hybridized carbons (Fsp3) is 0.556. The number of rotatable bonds is 3. The normalized spacial score (nSPS) is 11.5. The second-order valence-corrected chi connectivity index (χ2v) is 3.56. The van der Waals surface area contributed by atoms with Crippen LogP contribution in [0.2, 0.25) is 0 Å². The van der Waals surface area contributed by atoms with Crippen LogP contribution in [0.25, 0.3) is 0 Å². The first-order chi connectivity index (χ1) is 5.07. The van der Waals surface area contributed by atoms with E-state index in [0.717, 1.165) is 28.5 Å². The second-order valence-electron chi connectivity index (χ2n) is 2.61. The Bertz CT molecular complexity index is 174. The van der Waals surface area contributed by atoms with Crippen molar-refractivity contribution in [2.45, 2.75) is 33.6 Å². The molecule has 0 nitrogen and oxygen atoms in total. The monoisotopic (exact) mass is 192 g/mol. The quantitative estimate of drug-likeness (QED) is 0.621. The van der Waals surface area contributed by atoms with Crippen molar-refractivity contribution in [2.24, 2.45) is 0 Å². The molecule has 0 saturated carbocycles. The predicted octanol–water partition coefficient (Wildman–Crippen LogP) is 4.44. The Morgan fingerprint density at radius 3 is 2.18 bits per heavy atom. The average molecular weight is 193 g/mol. The first-order valence-corrected chi connectivity index (χ1v) is 4.50. The Kier molecular flexibility index (Phi) is 5.71. The van der Waals surface area contributed by atoms with Gasteiger partial charge in [0.1, 0.15) is 0 Å². The highest BCUT2D eigenvalue weighted by Gasteiger charge is 1.93. The lowest BCUT2D eigenvalue weighted by atomic mass is 10.2. The molecule has 0 aromatic heterocycles. The molecule has 0 atom stereocenters. The molecule has 0 fully saturated rings. The van der Waals surface area contributed by atoms with Gasteiger partial charge in [0.05, 0.1) is 0 Å². The van der Waals surface area contributed by atoms with Gasteiger partial charge in [0.25, 0.3) is 0 Å². The zero-order valence-electron chi connectivity index (χ0n) is 7.25. The Morgan fingerprint density at radius 1 is 1.27 bits per heavy atom. The largest absolute Gasteiger partial charge is 0.0895 e. The standard InChI is InChI=1S/C9H14Cl2/c1-4-8(10)5-6-9(11)7(2)3/h5H,4,6H2,1-3H3/b8-5+. The van der Waals surface area contributed by atoms with Crippen LogP contribution in [0.5, 0.6) is 0 Å². The van der Waals surface area contributed by atoms with Crippen molar-refractivity contribution in [3.05, 3.63) is 21.7 Å². The molecule has 0 aliphatic rings. The van der Waals surface area contributed by atoms with Gasteiger partial charge >= 0.3 is 0 Å². The highest BCUT2D eigenvalue weighted by Crippen LogP contribution is 2.16. The van der Waals surface area contributed by atoms with Crippen LogP contribution in [-0.4, -0.2) is 0 Å². The van der Waals surface area contributed by atoms with E-state index in [9.17, 15) is 0 Å². The maximum Gasteiger partial charge on any atom is 0.0205 e. The lowest BCUT2D eigenvalue weighted by Gasteiger charge is -1.96. The second kappa shape index (κ2) is 5.68. The third-order valence-corrected chi connectivity index (χ3v) is 2.34. The summed E-state index contributed by atoms with van der Waals surface area (Å²) in [5, 5.41) is 1.76. The maximum absolute atomic E-state index is 5.89. The molecule has 0 radical (unpaired) electrons. The van der Waals surface area contributed by atoms with E-state index in [1.165, 1.54) is 0 Å². The van der Waals surface area contributed by atoms with Gasteiger partial charge < -0.3 is 0 Å². The van der Waals surface area contributed by atoms with E-state index in [0.29, 0.717) is 0 Å². The van der Waals surface area contributed by atoms with E-state index in [4.69, 9.17) is 23.2 Å². The molecule has 0 heterocycles. The topological polar surface area (TPSA) is 0 Å². The fourth-order valence-electron chi connectivity index (χ4n) is 0.549. The van der Waals surface area contributed by atoms with Crippen molar-refractivity contribution in [3.8, 4) is 0 Å². The van der Waals surface area contributed by atoms with Crippen LogP contribution in [0, 0.1) is 0 Å². The summed E-state index contributed by atoms with van der Waals surface area (Å²) in [5.41, 5.74) is 1.16. The number of halogens is 2. The van der Waals surface area contributed by atoms with E-state index in [1.54, 1.807) is 0 Å². The van der Waals surface area contributed by atoms with Crippen LogP contribution in [0.4, 0.5) is 0 Å². The molecule has 0 aliphatic carbocycles. The molecule has 0 aliphatic heterocycles. The highest BCUT2D eigenvalue weighted by molar-refractivity contribution is 6.31. The van der Waals surface area contributed by atoms with Gasteiger partial charge in [0.15, 0.2) is 0 Å². The van der Waals surface area contributed by atoms with Crippen molar-refractivity contribution in [1.29, 1.82) is 0 Å². The summed E-state index contributed by atoms with van der Waals surface area (Å²) in [7, 11) is 0. The Hall–Kier alpha value is 0.0600. The molecule has 0 aromatic carbocycles. The van der Waals surface area contributed by atoms with Gasteiger partial charge in [-0.1, -0.05) is 41.8 Å². The van der Waals surface area contributed by atoms with Crippen LogP contribution in [0.1, 0.15) is 33.6 Å². The van der Waals surface area contributed by atoms with Crippen molar-refractivity contribution in [3.63, 3.8) is 0 Å². The van der Waals surface area contributed by atoms with Crippen molar-refractivity contribution in [1.82, 2.24) is 0 Å². The first kappa shape index (κ1) is 11.1. The van der Waals surface area contributed by atoms with Crippen LogP contribution in [0.15, 0.2) is 21.7 Å². The molecule has 0 amide bonds. The maximum atomic E-state index is 5.89. The molecule has 0 N–H and O–H groups in total. The summed E-state index contributed by atoms with van der Waals surface area (Å²) in [4.78, 5) is 0. The van der Waals surface area contributed by atoms with Gasteiger partial charge in [-0.3, -0.25) is 0 Å². The van der Waals surface area contributed by atoms with Crippen LogP contribution in [-0.2, 0) is 0 Å². The Balaban J connectivity index is 3.99. The van der Waals surface area contributed by atoms with E-state index in [-0.39, 0.29) is 0 Å². The van der Waals surface area contributed by atoms with Gasteiger partial charge in [-0.05, 0) is 20.3 Å². The lowest BCUT2D eigenvalue weighted by Crippen LogP contribution is -1.75. The summed E-state index contributed by atoms with van der Waals surface area (Å²) >= 11 is 11.7. The van der Waals surface area contributed by atoms with Gasteiger partial charge in [-0.2, -0.15) is 0 Å². The SMILES string of the molecule is CC/C(Cl)=C\CC(Cl)=C(C)C. The molecule has 0 aromatic rings. The van der Waals surface area contributed by atoms with E-state index in [1.807, 2.05) is 26.8 Å². The third-order valence-electron chi connectivity index (χ3n) is 1.38. The fourth-order valence-corrected chi connectivity index (χ4v) is 0.703. The highest BCUT2D eigenvalue weighted by atomic mass is 35.5. The number of allylic oxidation sites excluding steroid dienone is 4. The summed E-state index contributed by atoms with van der Waals surface area (Å²) in [6, 6.07) is 0. The van der Waals surface area contributed by atoms with Gasteiger partial charge in [-0.25, -0.2) is 0 Å². The minimum Gasteiger partial charge on any atom is -0.0895 e. The molecule has 11 heavy (non-hydrogen) atoms. The smallest absolute Gasteiger partial charge is 0.0205 e. The van der Waals surface area contributed by atoms with Crippen molar-refractivity contribution < 1.29 is 0 Å². The van der Waals surface area contributed by atoms with E-state index in [2.05, 4.69) is 0 Å². The van der Waals surface area contributed by atoms with Crippen LogP contribution >= 0.6 is 23.2 Å². The number of hydrogen-bond acceptors (Lipinski definition) is 0. The molecular weight excluding hydrogens is 179 g/mol. The van der Waals surface area contributed by atoms with Crippen LogP contribution in [0.3, 0.4) is 0 Å². The van der Waals surface area contributed by atoms with Crippen molar-refractivity contribution in [2.75, 3.05) is 0 Å². The summed E-state index contributed by atoms with van der Waals surface area (Å²) in [6.07, 6.45) is 3.60. The van der Waals surface area contributed by atoms with E-state index < -0.39 is 0 Å². The zero-order chi connectivity index (χ0) is 8.85. The van der Waals surface area contributed by atoms with Gasteiger partial charge in [0.2, 0.25) is 0 Å². The van der Waals surface area contributed by atoms with E-state index >= 15 is 0 Å². The first-order valence-electron chi connectivity index (χ1n) is 3.74. The molecule has 2 heteroatoms. The molecule has 0 saturated heterocycles. The molecule has 0 bridgehead atoms.